The Morgan fingerprint density at radius 3 is 2.39 bits per heavy atom. The molecule has 0 saturated heterocycles. The van der Waals surface area contributed by atoms with Crippen LogP contribution in [-0.2, 0) is 14.3 Å². The van der Waals surface area contributed by atoms with Gasteiger partial charge in [-0.2, -0.15) is 13.2 Å². The van der Waals surface area contributed by atoms with Crippen LogP contribution in [0.15, 0.2) is 18.2 Å². The SMILES string of the molecule is Cc1cc(OC(=O)CCC(=O)OC(CBr)C(F)(F)F)ccc1Cl. The van der Waals surface area contributed by atoms with Crippen LogP contribution in [0.3, 0.4) is 0 Å². The Balaban J connectivity index is 2.46. The highest BCUT2D eigenvalue weighted by Crippen LogP contribution is 2.25. The third kappa shape index (κ3) is 6.78. The van der Waals surface area contributed by atoms with Gasteiger partial charge in [-0.3, -0.25) is 9.59 Å². The van der Waals surface area contributed by atoms with E-state index in [9.17, 15) is 22.8 Å². The van der Waals surface area contributed by atoms with E-state index in [1.807, 2.05) is 0 Å². The molecule has 0 radical (unpaired) electrons. The van der Waals surface area contributed by atoms with Gasteiger partial charge in [0.05, 0.1) is 12.8 Å². The van der Waals surface area contributed by atoms with Crippen LogP contribution in [0.4, 0.5) is 13.2 Å². The van der Waals surface area contributed by atoms with E-state index in [1.54, 1.807) is 6.92 Å². The number of carbonyl (C=O) groups is 2. The van der Waals surface area contributed by atoms with Crippen molar-refractivity contribution in [2.45, 2.75) is 32.0 Å². The molecular formula is C14H13BrClF3O4. The maximum Gasteiger partial charge on any atom is 0.426 e. The zero-order valence-electron chi connectivity index (χ0n) is 12.0. The lowest BCUT2D eigenvalue weighted by Gasteiger charge is -2.18. The van der Waals surface area contributed by atoms with Crippen molar-refractivity contribution in [3.05, 3.63) is 28.8 Å². The average molecular weight is 418 g/mol. The average Bonchev–Trinajstić information content (AvgIpc) is 2.45. The molecule has 23 heavy (non-hydrogen) atoms. The molecule has 4 nitrogen and oxygen atoms in total. The zero-order chi connectivity index (χ0) is 17.6. The van der Waals surface area contributed by atoms with Gasteiger partial charge in [-0.25, -0.2) is 0 Å². The topological polar surface area (TPSA) is 52.6 Å². The van der Waals surface area contributed by atoms with E-state index in [0.29, 0.717) is 10.6 Å². The molecule has 0 amide bonds. The highest BCUT2D eigenvalue weighted by atomic mass is 79.9. The Morgan fingerprint density at radius 2 is 1.87 bits per heavy atom. The fraction of sp³-hybridized carbons (Fsp3) is 0.429. The third-order valence-corrected chi connectivity index (χ3v) is 3.69. The molecule has 0 spiro atoms. The monoisotopic (exact) mass is 416 g/mol. The molecule has 0 aliphatic heterocycles. The number of carbonyl (C=O) groups excluding carboxylic acids is 2. The first-order chi connectivity index (χ1) is 10.6. The van der Waals surface area contributed by atoms with E-state index in [2.05, 4.69) is 20.7 Å². The second-order valence-corrected chi connectivity index (χ2v) is 5.61. The van der Waals surface area contributed by atoms with Crippen LogP contribution in [-0.4, -0.2) is 29.5 Å². The molecule has 0 fully saturated rings. The standard InChI is InChI=1S/C14H13BrClF3O4/c1-8-6-9(2-3-10(8)16)22-12(20)4-5-13(21)23-11(7-15)14(17,18)19/h2-3,6,11H,4-5,7H2,1H3. The summed E-state index contributed by atoms with van der Waals surface area (Å²) in [4.78, 5) is 22.9. The van der Waals surface area contributed by atoms with E-state index in [-0.39, 0.29) is 5.75 Å². The number of esters is 2. The number of halogens is 5. The summed E-state index contributed by atoms with van der Waals surface area (Å²) in [5.74, 6) is -1.65. The molecule has 1 aromatic rings. The number of aryl methyl sites for hydroxylation is 1. The number of hydrogen-bond donors (Lipinski definition) is 0. The molecule has 1 atom stereocenters. The minimum absolute atomic E-state index is 0.235. The predicted molar refractivity (Wildman–Crippen MR) is 80.8 cm³/mol. The third-order valence-electron chi connectivity index (χ3n) is 2.67. The van der Waals surface area contributed by atoms with Gasteiger partial charge in [-0.15, -0.1) is 0 Å². The van der Waals surface area contributed by atoms with Gasteiger partial charge in [-0.05, 0) is 30.7 Å². The molecule has 0 saturated carbocycles. The summed E-state index contributed by atoms with van der Waals surface area (Å²) in [5.41, 5.74) is 0.696. The lowest BCUT2D eigenvalue weighted by atomic mass is 10.2. The van der Waals surface area contributed by atoms with Gasteiger partial charge < -0.3 is 9.47 Å². The Morgan fingerprint density at radius 1 is 1.26 bits per heavy atom. The van der Waals surface area contributed by atoms with Crippen molar-refractivity contribution in [3.8, 4) is 5.75 Å². The van der Waals surface area contributed by atoms with E-state index < -0.39 is 42.4 Å². The first-order valence-corrected chi connectivity index (χ1v) is 7.92. The molecule has 1 unspecified atom stereocenters. The smallest absolute Gasteiger partial charge is 0.426 e. The zero-order valence-corrected chi connectivity index (χ0v) is 14.3. The van der Waals surface area contributed by atoms with Gasteiger partial charge in [0.1, 0.15) is 5.75 Å². The van der Waals surface area contributed by atoms with E-state index in [1.165, 1.54) is 18.2 Å². The summed E-state index contributed by atoms with van der Waals surface area (Å²) in [7, 11) is 0. The minimum atomic E-state index is -4.67. The molecule has 1 rings (SSSR count). The van der Waals surface area contributed by atoms with Crippen LogP contribution in [0, 0.1) is 6.92 Å². The molecule has 0 aliphatic rings. The summed E-state index contributed by atoms with van der Waals surface area (Å²) in [6, 6.07) is 4.54. The van der Waals surface area contributed by atoms with E-state index in [4.69, 9.17) is 16.3 Å². The molecule has 1 aromatic carbocycles. The normalized spacial score (nSPS) is 12.6. The highest BCUT2D eigenvalue weighted by molar-refractivity contribution is 9.09. The Hall–Kier alpha value is -1.28. The molecular weight excluding hydrogens is 405 g/mol. The fourth-order valence-corrected chi connectivity index (χ4v) is 2.09. The maximum atomic E-state index is 12.4. The number of ether oxygens (including phenoxy) is 2. The van der Waals surface area contributed by atoms with Gasteiger partial charge in [0.2, 0.25) is 6.10 Å². The van der Waals surface area contributed by atoms with Gasteiger partial charge in [0, 0.05) is 10.4 Å². The Labute approximate surface area is 144 Å². The lowest BCUT2D eigenvalue weighted by molar-refractivity contribution is -0.214. The molecule has 0 N–H and O–H groups in total. The fourth-order valence-electron chi connectivity index (χ4n) is 1.47. The first-order valence-electron chi connectivity index (χ1n) is 6.42. The molecule has 128 valence electrons. The molecule has 0 aromatic heterocycles. The van der Waals surface area contributed by atoms with Crippen molar-refractivity contribution < 1.29 is 32.2 Å². The van der Waals surface area contributed by atoms with Crippen molar-refractivity contribution in [2.24, 2.45) is 0 Å². The number of hydrogen-bond acceptors (Lipinski definition) is 4. The minimum Gasteiger partial charge on any atom is -0.452 e. The van der Waals surface area contributed by atoms with Crippen LogP contribution >= 0.6 is 27.5 Å². The Kier molecular flexibility index (Phi) is 7.34. The van der Waals surface area contributed by atoms with Crippen molar-refractivity contribution >= 4 is 39.5 Å². The second-order valence-electron chi connectivity index (χ2n) is 4.56. The van der Waals surface area contributed by atoms with Gasteiger partial charge in [-0.1, -0.05) is 27.5 Å². The van der Waals surface area contributed by atoms with Crippen LogP contribution in [0.2, 0.25) is 5.02 Å². The van der Waals surface area contributed by atoms with Crippen molar-refractivity contribution in [1.82, 2.24) is 0 Å². The largest absolute Gasteiger partial charge is 0.452 e. The van der Waals surface area contributed by atoms with Gasteiger partial charge in [0.25, 0.3) is 0 Å². The summed E-state index contributed by atoms with van der Waals surface area (Å²) < 4.78 is 46.5. The van der Waals surface area contributed by atoms with Crippen molar-refractivity contribution in [1.29, 1.82) is 0 Å². The summed E-state index contributed by atoms with van der Waals surface area (Å²) in [6.07, 6.45) is -7.82. The quantitative estimate of drug-likeness (QED) is 0.395. The number of benzene rings is 1. The molecule has 9 heteroatoms. The van der Waals surface area contributed by atoms with Crippen LogP contribution in [0.1, 0.15) is 18.4 Å². The predicted octanol–water partition coefficient (Wildman–Crippen LogP) is 4.20. The summed E-state index contributed by atoms with van der Waals surface area (Å²) in [5, 5.41) is -0.0714. The maximum absolute atomic E-state index is 12.4. The van der Waals surface area contributed by atoms with Crippen LogP contribution < -0.4 is 4.74 Å². The van der Waals surface area contributed by atoms with Crippen molar-refractivity contribution in [3.63, 3.8) is 0 Å². The second kappa shape index (κ2) is 8.54. The Bertz CT molecular complexity index is 578. The van der Waals surface area contributed by atoms with Crippen LogP contribution in [0.25, 0.3) is 0 Å². The summed E-state index contributed by atoms with van der Waals surface area (Å²) in [6.45, 7) is 1.72. The highest BCUT2D eigenvalue weighted by Gasteiger charge is 2.42. The number of alkyl halides is 4. The summed E-state index contributed by atoms with van der Waals surface area (Å²) >= 11 is 8.44. The molecule has 0 aliphatic carbocycles. The molecule has 0 bridgehead atoms. The van der Waals surface area contributed by atoms with Crippen LogP contribution in [0.5, 0.6) is 5.75 Å². The lowest BCUT2D eigenvalue weighted by Crippen LogP contribution is -2.35. The molecule has 0 heterocycles. The van der Waals surface area contributed by atoms with E-state index in [0.717, 1.165) is 0 Å². The first kappa shape index (κ1) is 19.8. The number of rotatable bonds is 6. The van der Waals surface area contributed by atoms with Gasteiger partial charge >= 0.3 is 18.1 Å². The van der Waals surface area contributed by atoms with Crippen molar-refractivity contribution in [2.75, 3.05) is 5.33 Å². The van der Waals surface area contributed by atoms with E-state index >= 15 is 0 Å². The van der Waals surface area contributed by atoms with Gasteiger partial charge in [0.15, 0.2) is 0 Å².